The molecular formula is C35H43N3O7. The minimum Gasteiger partial charge on any atom is -0.465 e. The van der Waals surface area contributed by atoms with Crippen LogP contribution in [-0.2, 0) is 36.9 Å². The number of benzene rings is 3. The number of rotatable bonds is 11. The van der Waals surface area contributed by atoms with Crippen LogP contribution >= 0.6 is 0 Å². The van der Waals surface area contributed by atoms with Gasteiger partial charge in [0.1, 0.15) is 6.54 Å². The Labute approximate surface area is 264 Å². The van der Waals surface area contributed by atoms with E-state index in [0.29, 0.717) is 6.54 Å². The molecule has 10 nitrogen and oxygen atoms in total. The first-order valence-corrected chi connectivity index (χ1v) is 15.6. The number of nitrogens with zero attached hydrogens (tertiary/aromatic N) is 1. The van der Waals surface area contributed by atoms with Gasteiger partial charge in [0.2, 0.25) is 0 Å². The summed E-state index contributed by atoms with van der Waals surface area (Å²) in [6.07, 6.45) is -0.779. The van der Waals surface area contributed by atoms with Crippen molar-refractivity contribution in [1.82, 2.24) is 15.5 Å². The standard InChI is InChI=1S/C35H43N3O7/c1-3-43-32(40)21-37-35(41)36-20-29-6-4-5-7-30(29)26-12-14-28(15-13-26)34-44-31(22-38-16-18-42-19-17-38)24(2)33(45-34)27-10-8-25(23-39)9-11-27/h4-15,24,31,33-34,39H,3,16-23H2,1-2H3,(H2,36,37,41). The van der Waals surface area contributed by atoms with Crippen molar-refractivity contribution in [3.63, 3.8) is 0 Å². The summed E-state index contributed by atoms with van der Waals surface area (Å²) in [6.45, 7) is 8.27. The molecule has 10 heteroatoms. The van der Waals surface area contributed by atoms with Crippen molar-refractivity contribution in [1.29, 1.82) is 0 Å². The monoisotopic (exact) mass is 617 g/mol. The fourth-order valence-electron chi connectivity index (χ4n) is 5.74. The number of carbonyl (C=O) groups is 2. The molecule has 0 aromatic heterocycles. The average Bonchev–Trinajstić information content (AvgIpc) is 3.08. The summed E-state index contributed by atoms with van der Waals surface area (Å²) < 4.78 is 23.7. The lowest BCUT2D eigenvalue weighted by molar-refractivity contribution is -0.277. The second-order valence-electron chi connectivity index (χ2n) is 11.4. The highest BCUT2D eigenvalue weighted by molar-refractivity contribution is 5.81. The molecule has 0 saturated carbocycles. The Morgan fingerprint density at radius 1 is 0.933 bits per heavy atom. The van der Waals surface area contributed by atoms with Gasteiger partial charge in [-0.15, -0.1) is 0 Å². The molecule has 2 aliphatic heterocycles. The molecule has 0 spiro atoms. The van der Waals surface area contributed by atoms with Crippen LogP contribution in [0.1, 0.15) is 48.5 Å². The second kappa shape index (κ2) is 16.0. The van der Waals surface area contributed by atoms with Crippen LogP contribution in [0.25, 0.3) is 11.1 Å². The summed E-state index contributed by atoms with van der Waals surface area (Å²) in [5, 5.41) is 14.9. The molecule has 2 heterocycles. The lowest BCUT2D eigenvalue weighted by Gasteiger charge is -2.43. The fourth-order valence-corrected chi connectivity index (χ4v) is 5.74. The van der Waals surface area contributed by atoms with Gasteiger partial charge in [-0.25, -0.2) is 4.79 Å². The predicted molar refractivity (Wildman–Crippen MR) is 169 cm³/mol. The molecule has 2 fully saturated rings. The van der Waals surface area contributed by atoms with Crippen molar-refractivity contribution in [3.05, 3.63) is 95.1 Å². The SMILES string of the molecule is CCOC(=O)CNC(=O)NCc1ccccc1-c1ccc(C2OC(CN3CCOCC3)C(C)C(c3ccc(CO)cc3)O2)cc1. The Kier molecular flexibility index (Phi) is 11.6. The van der Waals surface area contributed by atoms with E-state index >= 15 is 0 Å². The van der Waals surface area contributed by atoms with Gasteiger partial charge in [-0.2, -0.15) is 0 Å². The van der Waals surface area contributed by atoms with Crippen molar-refractivity contribution in [3.8, 4) is 11.1 Å². The number of urea groups is 1. The summed E-state index contributed by atoms with van der Waals surface area (Å²) in [4.78, 5) is 26.2. The zero-order chi connectivity index (χ0) is 31.6. The molecule has 5 rings (SSSR count). The molecule has 3 N–H and O–H groups in total. The number of ether oxygens (including phenoxy) is 4. The Morgan fingerprint density at radius 2 is 1.64 bits per heavy atom. The van der Waals surface area contributed by atoms with E-state index in [0.717, 1.165) is 66.2 Å². The fraction of sp³-hybridized carbons (Fsp3) is 0.429. The van der Waals surface area contributed by atoms with Gasteiger partial charge in [-0.05, 0) is 34.7 Å². The number of aliphatic hydroxyl groups excluding tert-OH is 1. The third-order valence-electron chi connectivity index (χ3n) is 8.31. The molecule has 0 aliphatic carbocycles. The van der Waals surface area contributed by atoms with Crippen molar-refractivity contribution in [2.75, 3.05) is 46.0 Å². The molecule has 240 valence electrons. The first kappa shape index (κ1) is 32.6. The molecule has 3 aromatic rings. The average molecular weight is 618 g/mol. The van der Waals surface area contributed by atoms with E-state index < -0.39 is 18.3 Å². The van der Waals surface area contributed by atoms with Gasteiger partial charge in [0.15, 0.2) is 6.29 Å². The number of esters is 1. The summed E-state index contributed by atoms with van der Waals surface area (Å²) >= 11 is 0. The maximum absolute atomic E-state index is 12.3. The molecule has 2 amide bonds. The summed E-state index contributed by atoms with van der Waals surface area (Å²) in [6, 6.07) is 23.5. The minimum absolute atomic E-state index is 0.000962. The predicted octanol–water partition coefficient (Wildman–Crippen LogP) is 4.33. The van der Waals surface area contributed by atoms with Crippen LogP contribution in [0, 0.1) is 5.92 Å². The van der Waals surface area contributed by atoms with Gasteiger partial charge >= 0.3 is 12.0 Å². The maximum atomic E-state index is 12.3. The number of nitrogens with one attached hydrogen (secondary N) is 2. The normalized spacial score (nSPS) is 22.0. The first-order valence-electron chi connectivity index (χ1n) is 15.6. The Bertz CT molecular complexity index is 1390. The van der Waals surface area contributed by atoms with E-state index in [4.69, 9.17) is 18.9 Å². The van der Waals surface area contributed by atoms with Crippen LogP contribution in [0.15, 0.2) is 72.8 Å². The largest absolute Gasteiger partial charge is 0.465 e. The molecule has 3 aromatic carbocycles. The smallest absolute Gasteiger partial charge is 0.325 e. The molecule has 45 heavy (non-hydrogen) atoms. The number of amides is 2. The summed E-state index contributed by atoms with van der Waals surface area (Å²) in [5.74, 6) is -0.371. The first-order chi connectivity index (χ1) is 21.9. The van der Waals surface area contributed by atoms with Crippen LogP contribution in [0.3, 0.4) is 0 Å². The van der Waals surface area contributed by atoms with Gasteiger partial charge in [0, 0.05) is 37.7 Å². The van der Waals surface area contributed by atoms with Gasteiger partial charge in [0.05, 0.1) is 38.6 Å². The quantitative estimate of drug-likeness (QED) is 0.272. The molecule has 4 unspecified atom stereocenters. The lowest BCUT2D eigenvalue weighted by Crippen LogP contribution is -2.47. The van der Waals surface area contributed by atoms with Gasteiger partial charge < -0.3 is 34.7 Å². The van der Waals surface area contributed by atoms with Crippen molar-refractivity contribution < 1.29 is 33.6 Å². The van der Waals surface area contributed by atoms with Crippen molar-refractivity contribution in [2.24, 2.45) is 5.92 Å². The Hall–Kier alpha value is -3.80. The zero-order valence-corrected chi connectivity index (χ0v) is 25.9. The molecule has 0 bridgehead atoms. The second-order valence-corrected chi connectivity index (χ2v) is 11.4. The van der Waals surface area contributed by atoms with Gasteiger partial charge in [-0.3, -0.25) is 9.69 Å². The van der Waals surface area contributed by atoms with E-state index in [1.165, 1.54) is 0 Å². The van der Waals surface area contributed by atoms with Crippen LogP contribution in [0.4, 0.5) is 4.79 Å². The number of hydrogen-bond acceptors (Lipinski definition) is 8. The number of carbonyl (C=O) groups excluding carboxylic acids is 2. The van der Waals surface area contributed by atoms with E-state index in [1.54, 1.807) is 6.92 Å². The molecule has 4 atom stereocenters. The maximum Gasteiger partial charge on any atom is 0.325 e. The highest BCUT2D eigenvalue weighted by atomic mass is 16.7. The van der Waals surface area contributed by atoms with E-state index in [-0.39, 0.29) is 37.9 Å². The van der Waals surface area contributed by atoms with Gasteiger partial charge in [0.25, 0.3) is 0 Å². The Morgan fingerprint density at radius 3 is 2.36 bits per heavy atom. The highest BCUT2D eigenvalue weighted by Crippen LogP contribution is 2.42. The van der Waals surface area contributed by atoms with E-state index in [1.807, 2.05) is 72.8 Å². The molecule has 2 aliphatic rings. The molecule has 0 radical (unpaired) electrons. The van der Waals surface area contributed by atoms with Gasteiger partial charge in [-0.1, -0.05) is 79.7 Å². The van der Waals surface area contributed by atoms with E-state index in [9.17, 15) is 14.7 Å². The van der Waals surface area contributed by atoms with Crippen molar-refractivity contribution in [2.45, 2.75) is 45.5 Å². The molecule has 2 saturated heterocycles. The number of morpholine rings is 1. The van der Waals surface area contributed by atoms with E-state index in [2.05, 4.69) is 22.5 Å². The minimum atomic E-state index is -0.552. The van der Waals surface area contributed by atoms with Crippen LogP contribution in [-0.4, -0.2) is 74.1 Å². The topological polar surface area (TPSA) is 119 Å². The van der Waals surface area contributed by atoms with Crippen LogP contribution in [0.5, 0.6) is 0 Å². The highest BCUT2D eigenvalue weighted by Gasteiger charge is 2.39. The zero-order valence-electron chi connectivity index (χ0n) is 25.9. The summed E-state index contributed by atoms with van der Waals surface area (Å²) in [7, 11) is 0. The van der Waals surface area contributed by atoms with Crippen molar-refractivity contribution >= 4 is 12.0 Å². The van der Waals surface area contributed by atoms with Crippen LogP contribution < -0.4 is 10.6 Å². The molecular weight excluding hydrogens is 574 g/mol. The third kappa shape index (κ3) is 8.68. The van der Waals surface area contributed by atoms with Crippen LogP contribution in [0.2, 0.25) is 0 Å². The summed E-state index contributed by atoms with van der Waals surface area (Å²) in [5.41, 5.74) is 5.76. The number of aliphatic hydroxyl groups is 1. The lowest BCUT2D eigenvalue weighted by atomic mass is 9.90. The number of hydrogen-bond donors (Lipinski definition) is 3. The third-order valence-corrected chi connectivity index (χ3v) is 8.31. The Balaban J connectivity index is 1.30.